The largest absolute Gasteiger partial charge is 0.449 e. The van der Waals surface area contributed by atoms with E-state index in [0.29, 0.717) is 18.8 Å². The Morgan fingerprint density at radius 2 is 1.70 bits per heavy atom. The Bertz CT molecular complexity index is 1110. The maximum absolute atomic E-state index is 13.1. The zero-order valence-corrected chi connectivity index (χ0v) is 20.3. The van der Waals surface area contributed by atoms with Crippen LogP contribution in [0.5, 0.6) is 0 Å². The van der Waals surface area contributed by atoms with Crippen molar-refractivity contribution in [3.63, 3.8) is 0 Å². The molecule has 0 aromatic heterocycles. The molecule has 33 heavy (non-hydrogen) atoms. The average Bonchev–Trinajstić information content (AvgIpc) is 2.78. The van der Waals surface area contributed by atoms with Gasteiger partial charge >= 0.3 is 5.97 Å². The average molecular weight is 475 g/mol. The zero-order chi connectivity index (χ0) is 24.3. The van der Waals surface area contributed by atoms with Crippen molar-refractivity contribution in [2.24, 2.45) is 0 Å². The molecular weight excluding hydrogens is 444 g/mol. The fraction of sp³-hybridized carbons (Fsp3) is 0.417. The second-order valence-corrected chi connectivity index (χ2v) is 10.4. The highest BCUT2D eigenvalue weighted by atomic mass is 32.2. The maximum Gasteiger partial charge on any atom is 0.338 e. The Morgan fingerprint density at radius 1 is 1.09 bits per heavy atom. The lowest BCUT2D eigenvalue weighted by atomic mass is 10.2. The molecule has 0 saturated carbocycles. The van der Waals surface area contributed by atoms with Crippen LogP contribution in [0.25, 0.3) is 0 Å². The van der Waals surface area contributed by atoms with Gasteiger partial charge in [-0.25, -0.2) is 13.2 Å². The first-order valence-electron chi connectivity index (χ1n) is 10.8. The van der Waals surface area contributed by atoms with Crippen molar-refractivity contribution in [2.75, 3.05) is 24.4 Å². The first kappa shape index (κ1) is 24.7. The minimum absolute atomic E-state index is 0.0465. The summed E-state index contributed by atoms with van der Waals surface area (Å²) < 4.78 is 38.3. The van der Waals surface area contributed by atoms with E-state index in [9.17, 15) is 18.0 Å². The summed E-state index contributed by atoms with van der Waals surface area (Å²) in [5, 5.41) is 0. The minimum atomic E-state index is -3.90. The molecule has 0 bridgehead atoms. The molecule has 3 rings (SSSR count). The topological polar surface area (TPSA) is 93.2 Å². The molecule has 2 aromatic rings. The number of morpholine rings is 1. The molecule has 2 aromatic carbocycles. The number of ether oxygens (including phenoxy) is 2. The molecule has 0 spiro atoms. The second-order valence-electron chi connectivity index (χ2n) is 8.38. The smallest absolute Gasteiger partial charge is 0.338 e. The van der Waals surface area contributed by atoms with Crippen molar-refractivity contribution in [3.8, 4) is 0 Å². The number of hydrogen-bond donors (Lipinski definition) is 0. The van der Waals surface area contributed by atoms with E-state index >= 15 is 0 Å². The standard InChI is InChI=1S/C24H30N2O6S/c1-16-9-11-21(12-10-16)25(5)33(29,30)22-8-6-7-20(13-22)24(28)32-19(4)23(27)26-14-17(2)31-18(3)15-26/h6-13,17-19H,14-15H2,1-5H3. The first-order valence-corrected chi connectivity index (χ1v) is 12.2. The molecule has 8 nitrogen and oxygen atoms in total. The summed E-state index contributed by atoms with van der Waals surface area (Å²) in [5.41, 5.74) is 1.57. The summed E-state index contributed by atoms with van der Waals surface area (Å²) in [6.45, 7) is 8.03. The van der Waals surface area contributed by atoms with Crippen molar-refractivity contribution in [1.82, 2.24) is 4.90 Å². The molecule has 1 saturated heterocycles. The third kappa shape index (κ3) is 5.72. The number of anilines is 1. The summed E-state index contributed by atoms with van der Waals surface area (Å²) in [7, 11) is -2.44. The number of amides is 1. The van der Waals surface area contributed by atoms with E-state index in [-0.39, 0.29) is 28.6 Å². The van der Waals surface area contributed by atoms with Crippen molar-refractivity contribution >= 4 is 27.6 Å². The number of rotatable bonds is 6. The third-order valence-electron chi connectivity index (χ3n) is 5.49. The number of carbonyl (C=O) groups excluding carboxylic acids is 2. The lowest BCUT2D eigenvalue weighted by Gasteiger charge is -2.36. The predicted octanol–water partition coefficient (Wildman–Crippen LogP) is 3.00. The molecule has 1 fully saturated rings. The molecule has 178 valence electrons. The van der Waals surface area contributed by atoms with Crippen LogP contribution in [0, 0.1) is 6.92 Å². The van der Waals surface area contributed by atoms with Gasteiger partial charge in [-0.05, 0) is 58.0 Å². The molecule has 3 unspecified atom stereocenters. The molecular formula is C24H30N2O6S. The van der Waals surface area contributed by atoms with Gasteiger partial charge in [-0.3, -0.25) is 9.10 Å². The first-order chi connectivity index (χ1) is 15.5. The number of benzene rings is 2. The summed E-state index contributed by atoms with van der Waals surface area (Å²) in [5.74, 6) is -1.08. The molecule has 0 N–H and O–H groups in total. The van der Waals surface area contributed by atoms with E-state index in [1.807, 2.05) is 32.9 Å². The Hall–Kier alpha value is -2.91. The quantitative estimate of drug-likeness (QED) is 0.598. The van der Waals surface area contributed by atoms with Crippen molar-refractivity contribution in [3.05, 3.63) is 59.7 Å². The van der Waals surface area contributed by atoms with Gasteiger partial charge in [0.15, 0.2) is 6.10 Å². The lowest BCUT2D eigenvalue weighted by molar-refractivity contribution is -0.151. The Kier molecular flexibility index (Phi) is 7.44. The van der Waals surface area contributed by atoms with Crippen LogP contribution in [0.2, 0.25) is 0 Å². The van der Waals surface area contributed by atoms with Crippen LogP contribution in [0.4, 0.5) is 5.69 Å². The van der Waals surface area contributed by atoms with Gasteiger partial charge in [-0.15, -0.1) is 0 Å². The van der Waals surface area contributed by atoms with Crippen molar-refractivity contribution in [2.45, 2.75) is 50.9 Å². The highest BCUT2D eigenvalue weighted by Gasteiger charge is 2.31. The van der Waals surface area contributed by atoms with Gasteiger partial charge in [0, 0.05) is 20.1 Å². The SMILES string of the molecule is Cc1ccc(N(C)S(=O)(=O)c2cccc(C(=O)OC(C)C(=O)N3CC(C)OC(C)C3)c2)cc1. The Balaban J connectivity index is 1.73. The van der Waals surface area contributed by atoms with Crippen LogP contribution in [0.3, 0.4) is 0 Å². The van der Waals surface area contributed by atoms with Gasteiger partial charge in [-0.1, -0.05) is 23.8 Å². The highest BCUT2D eigenvalue weighted by Crippen LogP contribution is 2.23. The van der Waals surface area contributed by atoms with E-state index in [1.54, 1.807) is 17.0 Å². The zero-order valence-electron chi connectivity index (χ0n) is 19.5. The van der Waals surface area contributed by atoms with Crippen LogP contribution in [0.1, 0.15) is 36.7 Å². The summed E-state index contributed by atoms with van der Waals surface area (Å²) in [4.78, 5) is 27.0. The van der Waals surface area contributed by atoms with Crippen LogP contribution in [-0.4, -0.2) is 63.6 Å². The summed E-state index contributed by atoms with van der Waals surface area (Å²) in [6, 6.07) is 12.7. The van der Waals surface area contributed by atoms with E-state index in [2.05, 4.69) is 0 Å². The van der Waals surface area contributed by atoms with Gasteiger partial charge in [0.25, 0.3) is 15.9 Å². The van der Waals surface area contributed by atoms with E-state index in [1.165, 1.54) is 38.2 Å². The fourth-order valence-electron chi connectivity index (χ4n) is 3.73. The number of sulfonamides is 1. The highest BCUT2D eigenvalue weighted by molar-refractivity contribution is 7.92. The van der Waals surface area contributed by atoms with E-state index in [4.69, 9.17) is 9.47 Å². The monoisotopic (exact) mass is 474 g/mol. The van der Waals surface area contributed by atoms with Gasteiger partial charge in [0.1, 0.15) is 0 Å². The Morgan fingerprint density at radius 3 is 2.30 bits per heavy atom. The lowest BCUT2D eigenvalue weighted by Crippen LogP contribution is -2.51. The van der Waals surface area contributed by atoms with Crippen LogP contribution in [0.15, 0.2) is 53.4 Å². The third-order valence-corrected chi connectivity index (χ3v) is 7.27. The fourth-order valence-corrected chi connectivity index (χ4v) is 4.97. The van der Waals surface area contributed by atoms with Crippen LogP contribution < -0.4 is 4.31 Å². The summed E-state index contributed by atoms with van der Waals surface area (Å²) in [6.07, 6.45) is -1.22. The number of nitrogens with zero attached hydrogens (tertiary/aromatic N) is 2. The maximum atomic E-state index is 13.1. The molecule has 1 aliphatic heterocycles. The molecule has 1 aliphatic rings. The number of hydrogen-bond acceptors (Lipinski definition) is 6. The van der Waals surface area contributed by atoms with Gasteiger partial charge < -0.3 is 14.4 Å². The second kappa shape index (κ2) is 9.93. The van der Waals surface area contributed by atoms with E-state index < -0.39 is 22.1 Å². The number of carbonyl (C=O) groups is 2. The molecule has 1 amide bonds. The molecule has 1 heterocycles. The summed E-state index contributed by atoms with van der Waals surface area (Å²) >= 11 is 0. The van der Waals surface area contributed by atoms with Crippen molar-refractivity contribution in [1.29, 1.82) is 0 Å². The number of aryl methyl sites for hydroxylation is 1. The van der Waals surface area contributed by atoms with Crippen molar-refractivity contribution < 1.29 is 27.5 Å². The minimum Gasteiger partial charge on any atom is -0.449 e. The predicted molar refractivity (Wildman–Crippen MR) is 125 cm³/mol. The normalized spacial score (nSPS) is 19.6. The van der Waals surface area contributed by atoms with Crippen LogP contribution in [-0.2, 0) is 24.3 Å². The molecule has 9 heteroatoms. The molecule has 3 atom stereocenters. The van der Waals surface area contributed by atoms with E-state index in [0.717, 1.165) is 9.87 Å². The number of esters is 1. The Labute approximate surface area is 195 Å². The van der Waals surface area contributed by atoms with Gasteiger partial charge in [0.05, 0.1) is 28.4 Å². The van der Waals surface area contributed by atoms with Crippen LogP contribution >= 0.6 is 0 Å². The van der Waals surface area contributed by atoms with Gasteiger partial charge in [-0.2, -0.15) is 0 Å². The van der Waals surface area contributed by atoms with Gasteiger partial charge in [0.2, 0.25) is 0 Å². The molecule has 0 radical (unpaired) electrons. The molecule has 0 aliphatic carbocycles.